The van der Waals surface area contributed by atoms with Crippen molar-refractivity contribution in [1.29, 1.82) is 0 Å². The fourth-order valence-electron chi connectivity index (χ4n) is 4.25. The van der Waals surface area contributed by atoms with Crippen LogP contribution in [0.1, 0.15) is 6.92 Å². The average molecular weight is 545 g/mol. The number of carbonyl (C=O) groups is 1. The second-order valence-corrected chi connectivity index (χ2v) is 9.15. The van der Waals surface area contributed by atoms with Crippen LogP contribution in [0, 0.1) is 0 Å². The van der Waals surface area contributed by atoms with Gasteiger partial charge in [0.2, 0.25) is 5.91 Å². The molecule has 0 unspecified atom stereocenters. The predicted molar refractivity (Wildman–Crippen MR) is 113 cm³/mol. The molecule has 3 aliphatic rings. The van der Waals surface area contributed by atoms with E-state index < -0.39 is 118 Å². The van der Waals surface area contributed by atoms with Gasteiger partial charge in [0.25, 0.3) is 0 Å². The molecule has 0 aromatic heterocycles. The summed E-state index contributed by atoms with van der Waals surface area (Å²) in [7, 11) is 0. The van der Waals surface area contributed by atoms with E-state index in [2.05, 4.69) is 5.32 Å². The lowest BCUT2D eigenvalue weighted by Crippen LogP contribution is -2.66. The molecule has 3 aliphatic heterocycles. The fourth-order valence-corrected chi connectivity index (χ4v) is 4.25. The maximum absolute atomic E-state index is 11.6. The lowest BCUT2D eigenvalue weighted by molar-refractivity contribution is -0.328. The number of carbonyl (C=O) groups excluding carboxylic acids is 1. The van der Waals surface area contributed by atoms with Crippen LogP contribution in [0.4, 0.5) is 0 Å². The number of hydrogen-bond donors (Lipinski definition) is 11. The summed E-state index contributed by atoms with van der Waals surface area (Å²) in [6, 6.07) is -1.34. The second-order valence-electron chi connectivity index (χ2n) is 9.15. The highest BCUT2D eigenvalue weighted by Crippen LogP contribution is 2.27. The van der Waals surface area contributed by atoms with E-state index in [4.69, 9.17) is 23.7 Å². The first kappa shape index (κ1) is 30.4. The summed E-state index contributed by atoms with van der Waals surface area (Å²) in [6.45, 7) is -0.700. The minimum Gasteiger partial charge on any atom is -0.394 e. The average Bonchev–Trinajstić information content (AvgIpc) is 2.86. The van der Waals surface area contributed by atoms with Crippen LogP contribution in [-0.4, -0.2) is 169 Å². The lowest BCUT2D eigenvalue weighted by Gasteiger charge is -2.44. The third kappa shape index (κ3) is 6.72. The molecule has 37 heavy (non-hydrogen) atoms. The zero-order valence-corrected chi connectivity index (χ0v) is 19.7. The molecule has 3 saturated heterocycles. The van der Waals surface area contributed by atoms with Crippen molar-refractivity contribution >= 4 is 5.91 Å². The van der Waals surface area contributed by atoms with Gasteiger partial charge < -0.3 is 80.1 Å². The van der Waals surface area contributed by atoms with E-state index in [9.17, 15) is 55.9 Å². The smallest absolute Gasteiger partial charge is 0.217 e. The number of amides is 1. The number of aliphatic hydroxyl groups is 10. The quantitative estimate of drug-likeness (QED) is 0.135. The van der Waals surface area contributed by atoms with E-state index in [0.717, 1.165) is 6.92 Å². The first-order valence-corrected chi connectivity index (χ1v) is 11.6. The van der Waals surface area contributed by atoms with Crippen molar-refractivity contribution in [3.8, 4) is 0 Å². The minimum absolute atomic E-state index is 0.564. The van der Waals surface area contributed by atoms with Crippen LogP contribution in [0.15, 0.2) is 0 Å². The van der Waals surface area contributed by atoms with Gasteiger partial charge in [0.1, 0.15) is 73.2 Å². The molecule has 0 radical (unpaired) electrons. The SMILES string of the molecule is CC(=O)N[C@H]1[C@H](OC[C@H]2O[C@H](O)[C@H](O)[C@@H](O)[C@@H]2O)O[C@H](CO[C@@H]2O[C@H](CO)[C@@H](O)[C@H](O)[C@H]2O)[C@@H](O)[C@@H]1O. The second kappa shape index (κ2) is 12.8. The van der Waals surface area contributed by atoms with Gasteiger partial charge >= 0.3 is 0 Å². The monoisotopic (exact) mass is 545 g/mol. The van der Waals surface area contributed by atoms with Crippen molar-refractivity contribution in [2.75, 3.05) is 19.8 Å². The van der Waals surface area contributed by atoms with Crippen LogP contribution in [0.2, 0.25) is 0 Å². The minimum atomic E-state index is -1.84. The van der Waals surface area contributed by atoms with Gasteiger partial charge in [-0.05, 0) is 0 Å². The number of rotatable bonds is 8. The Morgan fingerprint density at radius 1 is 0.649 bits per heavy atom. The van der Waals surface area contributed by atoms with Gasteiger partial charge in [0.15, 0.2) is 18.9 Å². The Hall–Kier alpha value is -1.13. The molecule has 0 bridgehead atoms. The van der Waals surface area contributed by atoms with Crippen LogP contribution in [0.25, 0.3) is 0 Å². The summed E-state index contributed by atoms with van der Waals surface area (Å²) in [5, 5.41) is 102. The van der Waals surface area contributed by atoms with Crippen molar-refractivity contribution in [2.24, 2.45) is 0 Å². The summed E-state index contributed by atoms with van der Waals surface area (Å²) in [6.07, 6.45) is -22.5. The topological polar surface area (TPSA) is 278 Å². The number of hydrogen-bond acceptors (Lipinski definition) is 16. The van der Waals surface area contributed by atoms with Crippen molar-refractivity contribution < 1.29 is 79.5 Å². The highest BCUT2D eigenvalue weighted by molar-refractivity contribution is 5.73. The van der Waals surface area contributed by atoms with Crippen LogP contribution in [-0.2, 0) is 28.5 Å². The lowest BCUT2D eigenvalue weighted by atomic mass is 9.96. The van der Waals surface area contributed by atoms with Gasteiger partial charge in [-0.25, -0.2) is 0 Å². The van der Waals surface area contributed by atoms with Gasteiger partial charge in [-0.2, -0.15) is 0 Å². The molecule has 0 aromatic carbocycles. The Bertz CT molecular complexity index is 745. The van der Waals surface area contributed by atoms with Crippen molar-refractivity contribution in [2.45, 2.75) is 99.0 Å². The van der Waals surface area contributed by atoms with Gasteiger partial charge in [0, 0.05) is 6.92 Å². The fraction of sp³-hybridized carbons (Fsp3) is 0.950. The van der Waals surface area contributed by atoms with Crippen molar-refractivity contribution in [3.63, 3.8) is 0 Å². The molecule has 17 heteroatoms. The van der Waals surface area contributed by atoms with E-state index in [1.165, 1.54) is 0 Å². The molecule has 0 spiro atoms. The zero-order chi connectivity index (χ0) is 27.6. The predicted octanol–water partition coefficient (Wildman–Crippen LogP) is -7.43. The first-order valence-electron chi connectivity index (χ1n) is 11.6. The molecule has 1 amide bonds. The van der Waals surface area contributed by atoms with Gasteiger partial charge in [-0.15, -0.1) is 0 Å². The normalized spacial score (nSPS) is 49.0. The highest BCUT2D eigenvalue weighted by Gasteiger charge is 2.49. The molecule has 0 saturated carbocycles. The van der Waals surface area contributed by atoms with E-state index in [1.807, 2.05) is 0 Å². The third-order valence-electron chi connectivity index (χ3n) is 6.46. The van der Waals surface area contributed by atoms with Crippen LogP contribution in [0.3, 0.4) is 0 Å². The molecule has 17 nitrogen and oxygen atoms in total. The molecule has 3 rings (SSSR count). The molecular weight excluding hydrogens is 510 g/mol. The maximum Gasteiger partial charge on any atom is 0.217 e. The Labute approximate surface area is 210 Å². The van der Waals surface area contributed by atoms with E-state index >= 15 is 0 Å². The maximum atomic E-state index is 11.6. The number of nitrogens with one attached hydrogen (secondary N) is 1. The van der Waals surface area contributed by atoms with Crippen LogP contribution in [0.5, 0.6) is 0 Å². The largest absolute Gasteiger partial charge is 0.394 e. The van der Waals surface area contributed by atoms with Gasteiger partial charge in [-0.3, -0.25) is 4.79 Å². The summed E-state index contributed by atoms with van der Waals surface area (Å²) in [5.41, 5.74) is 0. The Morgan fingerprint density at radius 2 is 1.14 bits per heavy atom. The van der Waals surface area contributed by atoms with Gasteiger partial charge in [-0.1, -0.05) is 0 Å². The number of aliphatic hydroxyl groups excluding tert-OH is 10. The molecule has 3 heterocycles. The zero-order valence-electron chi connectivity index (χ0n) is 19.7. The van der Waals surface area contributed by atoms with E-state index in [1.54, 1.807) is 0 Å². The van der Waals surface area contributed by atoms with Crippen molar-refractivity contribution in [3.05, 3.63) is 0 Å². The summed E-state index contributed by atoms with van der Waals surface area (Å²) in [5.74, 6) is -0.618. The molecule has 11 N–H and O–H groups in total. The number of ether oxygens (including phenoxy) is 5. The first-order chi connectivity index (χ1) is 17.4. The standard InChI is InChI=1S/C20H35NO16/c1-5(23)21-9-13(27)11(25)8(4-34-20-17(31)15(29)10(24)6(2-22)36-20)37-19(9)33-3-7-12(26)14(28)16(30)18(32)35-7/h6-20,22,24-32H,2-4H2,1H3,(H,21,23)/t6-,7-,8-,9-,10-,11-,12-,13-,14+,15+,16-,17-,18+,19-,20-/m1/s1. The summed E-state index contributed by atoms with van der Waals surface area (Å²) in [4.78, 5) is 11.6. The van der Waals surface area contributed by atoms with E-state index in [-0.39, 0.29) is 0 Å². The third-order valence-corrected chi connectivity index (χ3v) is 6.46. The van der Waals surface area contributed by atoms with Crippen LogP contribution >= 0.6 is 0 Å². The Kier molecular flexibility index (Phi) is 10.5. The molecule has 216 valence electrons. The van der Waals surface area contributed by atoms with E-state index in [0.29, 0.717) is 0 Å². The Morgan fingerprint density at radius 3 is 1.73 bits per heavy atom. The Balaban J connectivity index is 1.67. The molecular formula is C20H35NO16. The highest BCUT2D eigenvalue weighted by atomic mass is 16.7. The summed E-state index contributed by atoms with van der Waals surface area (Å²) >= 11 is 0. The molecule has 0 aromatic rings. The van der Waals surface area contributed by atoms with Crippen LogP contribution < -0.4 is 5.32 Å². The molecule has 0 aliphatic carbocycles. The molecule has 15 atom stereocenters. The molecule has 3 fully saturated rings. The summed E-state index contributed by atoms with van der Waals surface area (Å²) < 4.78 is 26.8. The van der Waals surface area contributed by atoms with Crippen molar-refractivity contribution in [1.82, 2.24) is 5.32 Å². The van der Waals surface area contributed by atoms with Gasteiger partial charge in [0.05, 0.1) is 19.8 Å².